The molecule has 0 bridgehead atoms. The van der Waals surface area contributed by atoms with Crippen LogP contribution in [0.15, 0.2) is 53.6 Å². The second-order valence-electron chi connectivity index (χ2n) is 5.93. The van der Waals surface area contributed by atoms with E-state index in [9.17, 15) is 9.18 Å². The quantitative estimate of drug-likeness (QED) is 0.806. The number of ether oxygens (including phenoxy) is 2. The van der Waals surface area contributed by atoms with E-state index in [0.29, 0.717) is 23.8 Å². The van der Waals surface area contributed by atoms with E-state index in [-0.39, 0.29) is 24.4 Å². The highest BCUT2D eigenvalue weighted by molar-refractivity contribution is 6.39. The van der Waals surface area contributed by atoms with Crippen LogP contribution in [0.5, 0.6) is 5.75 Å². The zero-order valence-corrected chi connectivity index (χ0v) is 13.7. The molecule has 2 aromatic rings. The van der Waals surface area contributed by atoms with E-state index in [1.807, 2.05) is 30.3 Å². The van der Waals surface area contributed by atoms with Crippen molar-refractivity contribution < 1.29 is 18.7 Å². The SMILES string of the molecule is CCOC(=O)C1=NN2c3cc(F)ccc3OCC2[C@H]1c1ccccc1. The second-order valence-corrected chi connectivity index (χ2v) is 5.93. The smallest absolute Gasteiger partial charge is 0.355 e. The van der Waals surface area contributed by atoms with Crippen LogP contribution < -0.4 is 9.75 Å². The molecule has 6 heteroatoms. The molecule has 0 N–H and O–H groups in total. The van der Waals surface area contributed by atoms with Crippen LogP contribution in [-0.4, -0.2) is 30.9 Å². The lowest BCUT2D eigenvalue weighted by atomic mass is 9.87. The molecule has 0 fully saturated rings. The summed E-state index contributed by atoms with van der Waals surface area (Å²) < 4.78 is 24.7. The second kappa shape index (κ2) is 6.20. The van der Waals surface area contributed by atoms with Gasteiger partial charge in [0.2, 0.25) is 0 Å². The van der Waals surface area contributed by atoms with E-state index in [1.165, 1.54) is 12.1 Å². The first-order chi connectivity index (χ1) is 12.2. The fourth-order valence-electron chi connectivity index (χ4n) is 3.36. The molecule has 0 saturated heterocycles. The number of rotatable bonds is 3. The van der Waals surface area contributed by atoms with Crippen molar-refractivity contribution in [3.63, 3.8) is 0 Å². The van der Waals surface area contributed by atoms with Gasteiger partial charge >= 0.3 is 5.97 Å². The molecule has 0 aliphatic carbocycles. The number of nitrogens with zero attached hydrogens (tertiary/aromatic N) is 2. The van der Waals surface area contributed by atoms with E-state index < -0.39 is 5.97 Å². The van der Waals surface area contributed by atoms with Crippen LogP contribution in [-0.2, 0) is 9.53 Å². The number of anilines is 1. The van der Waals surface area contributed by atoms with E-state index >= 15 is 0 Å². The Morgan fingerprint density at radius 2 is 2.12 bits per heavy atom. The zero-order valence-electron chi connectivity index (χ0n) is 13.7. The van der Waals surface area contributed by atoms with Gasteiger partial charge in [0, 0.05) is 6.07 Å². The number of benzene rings is 2. The van der Waals surface area contributed by atoms with E-state index in [1.54, 1.807) is 18.0 Å². The van der Waals surface area contributed by atoms with Crippen molar-refractivity contribution >= 4 is 17.4 Å². The van der Waals surface area contributed by atoms with Gasteiger partial charge in [-0.05, 0) is 24.6 Å². The largest absolute Gasteiger partial charge is 0.489 e. The van der Waals surface area contributed by atoms with Crippen LogP contribution in [0, 0.1) is 5.82 Å². The molecule has 0 aromatic heterocycles. The number of fused-ring (bicyclic) bond motifs is 3. The van der Waals surface area contributed by atoms with E-state index in [0.717, 1.165) is 5.56 Å². The third-order valence-corrected chi connectivity index (χ3v) is 4.43. The molecule has 0 radical (unpaired) electrons. The summed E-state index contributed by atoms with van der Waals surface area (Å²) in [5.41, 5.74) is 1.79. The zero-order chi connectivity index (χ0) is 17.4. The van der Waals surface area contributed by atoms with Crippen LogP contribution in [0.1, 0.15) is 18.4 Å². The highest BCUT2D eigenvalue weighted by Crippen LogP contribution is 2.43. The number of hydrogen-bond acceptors (Lipinski definition) is 5. The van der Waals surface area contributed by atoms with Gasteiger partial charge in [0.05, 0.1) is 18.6 Å². The predicted octanol–water partition coefficient (Wildman–Crippen LogP) is 3.11. The van der Waals surface area contributed by atoms with Crippen molar-refractivity contribution in [2.75, 3.05) is 18.2 Å². The lowest BCUT2D eigenvalue weighted by Crippen LogP contribution is -2.41. The highest BCUT2D eigenvalue weighted by atomic mass is 19.1. The van der Waals surface area contributed by atoms with Crippen LogP contribution in [0.4, 0.5) is 10.1 Å². The van der Waals surface area contributed by atoms with Crippen molar-refractivity contribution in [3.05, 3.63) is 59.9 Å². The number of carbonyl (C=O) groups is 1. The molecule has 2 aliphatic heterocycles. The molecule has 5 nitrogen and oxygen atoms in total. The first kappa shape index (κ1) is 15.6. The van der Waals surface area contributed by atoms with Crippen molar-refractivity contribution in [1.82, 2.24) is 0 Å². The van der Waals surface area contributed by atoms with Crippen LogP contribution >= 0.6 is 0 Å². The van der Waals surface area contributed by atoms with Crippen LogP contribution in [0.2, 0.25) is 0 Å². The number of carbonyl (C=O) groups excluding carboxylic acids is 1. The normalized spacial score (nSPS) is 21.0. The summed E-state index contributed by atoms with van der Waals surface area (Å²) in [6.07, 6.45) is 0. The molecule has 1 unspecified atom stereocenters. The average molecular weight is 340 g/mol. The van der Waals surface area contributed by atoms with Crippen molar-refractivity contribution in [2.24, 2.45) is 5.10 Å². The first-order valence-corrected chi connectivity index (χ1v) is 8.21. The lowest BCUT2D eigenvalue weighted by Gasteiger charge is -2.33. The Kier molecular flexibility index (Phi) is 3.87. The molecule has 2 aromatic carbocycles. The molecule has 0 spiro atoms. The van der Waals surface area contributed by atoms with Gasteiger partial charge in [-0.1, -0.05) is 30.3 Å². The maximum Gasteiger partial charge on any atom is 0.355 e. The molecule has 0 amide bonds. The van der Waals surface area contributed by atoms with E-state index in [2.05, 4.69) is 5.10 Å². The summed E-state index contributed by atoms with van der Waals surface area (Å²) in [7, 11) is 0. The minimum atomic E-state index is -0.455. The van der Waals surface area contributed by atoms with Gasteiger partial charge in [-0.2, -0.15) is 5.10 Å². The Bertz CT molecular complexity index is 838. The topological polar surface area (TPSA) is 51.1 Å². The van der Waals surface area contributed by atoms with Gasteiger partial charge in [-0.15, -0.1) is 0 Å². The Morgan fingerprint density at radius 1 is 1.32 bits per heavy atom. The summed E-state index contributed by atoms with van der Waals surface area (Å²) in [6, 6.07) is 13.7. The van der Waals surface area contributed by atoms with Gasteiger partial charge in [0.1, 0.15) is 23.9 Å². The Hall–Kier alpha value is -2.89. The maximum atomic E-state index is 13.7. The van der Waals surface area contributed by atoms with Crippen molar-refractivity contribution in [2.45, 2.75) is 18.9 Å². The van der Waals surface area contributed by atoms with Gasteiger partial charge in [-0.25, -0.2) is 9.18 Å². The summed E-state index contributed by atoms with van der Waals surface area (Å²) >= 11 is 0. The minimum Gasteiger partial charge on any atom is -0.489 e. The molecule has 2 aliphatic rings. The average Bonchev–Trinajstić information content (AvgIpc) is 3.03. The maximum absolute atomic E-state index is 13.7. The van der Waals surface area contributed by atoms with Gasteiger partial charge in [-0.3, -0.25) is 5.01 Å². The summed E-state index contributed by atoms with van der Waals surface area (Å²) in [5.74, 6) is -0.572. The third kappa shape index (κ3) is 2.63. The molecule has 2 atom stereocenters. The first-order valence-electron chi connectivity index (χ1n) is 8.21. The predicted molar refractivity (Wildman–Crippen MR) is 91.4 cm³/mol. The van der Waals surface area contributed by atoms with Gasteiger partial charge < -0.3 is 9.47 Å². The number of hydrazone groups is 1. The molecule has 2 heterocycles. The monoisotopic (exact) mass is 340 g/mol. The molecule has 4 rings (SSSR count). The molecule has 0 saturated carbocycles. The van der Waals surface area contributed by atoms with Gasteiger partial charge in [0.15, 0.2) is 5.71 Å². The fourth-order valence-corrected chi connectivity index (χ4v) is 3.36. The lowest BCUT2D eigenvalue weighted by molar-refractivity contribution is -0.135. The Morgan fingerprint density at radius 3 is 2.88 bits per heavy atom. The van der Waals surface area contributed by atoms with Crippen molar-refractivity contribution in [1.29, 1.82) is 0 Å². The number of hydrogen-bond donors (Lipinski definition) is 0. The van der Waals surface area contributed by atoms with Crippen molar-refractivity contribution in [3.8, 4) is 5.75 Å². The molecular weight excluding hydrogens is 323 g/mol. The minimum absolute atomic E-state index is 0.226. The third-order valence-electron chi connectivity index (χ3n) is 4.43. The van der Waals surface area contributed by atoms with Gasteiger partial charge in [0.25, 0.3) is 0 Å². The summed E-state index contributed by atoms with van der Waals surface area (Å²) in [5, 5.41) is 6.18. The Labute approximate surface area is 144 Å². The van der Waals surface area contributed by atoms with Crippen LogP contribution in [0.3, 0.4) is 0 Å². The standard InChI is InChI=1S/C19H17FN2O3/c1-2-24-19(23)18-17(12-6-4-3-5-7-12)15-11-25-16-9-8-13(20)10-14(16)22(15)21-18/h3-10,15,17H,2,11H2,1H3/t15?,17-/m1/s1. The summed E-state index contributed by atoms with van der Waals surface area (Å²) in [4.78, 5) is 12.5. The Balaban J connectivity index is 1.80. The highest BCUT2D eigenvalue weighted by Gasteiger charge is 2.45. The number of halogens is 1. The number of esters is 1. The van der Waals surface area contributed by atoms with Crippen LogP contribution in [0.25, 0.3) is 0 Å². The molecule has 25 heavy (non-hydrogen) atoms. The summed E-state index contributed by atoms with van der Waals surface area (Å²) in [6.45, 7) is 2.38. The molecule has 128 valence electrons. The fraction of sp³-hybridized carbons (Fsp3) is 0.263. The van der Waals surface area contributed by atoms with E-state index in [4.69, 9.17) is 9.47 Å². The molecular formula is C19H17FN2O3.